The molecule has 2 N–H and O–H groups in total. The monoisotopic (exact) mass is 504 g/mol. The Balaban J connectivity index is 0.00000280. The zero-order valence-electron chi connectivity index (χ0n) is 15.1. The maximum absolute atomic E-state index is 12.7. The Bertz CT molecular complexity index is 881. The van der Waals surface area contributed by atoms with Gasteiger partial charge in [0.1, 0.15) is 12.2 Å². The molecule has 1 unspecified atom stereocenters. The van der Waals surface area contributed by atoms with Crippen LogP contribution in [0.25, 0.3) is 0 Å². The van der Waals surface area contributed by atoms with E-state index < -0.39 is 11.7 Å². The highest BCUT2D eigenvalue weighted by molar-refractivity contribution is 14.0. The molecule has 1 aromatic heterocycles. The third kappa shape index (κ3) is 5.85. The van der Waals surface area contributed by atoms with E-state index in [4.69, 9.17) is 0 Å². The highest BCUT2D eigenvalue weighted by Gasteiger charge is 2.30. The van der Waals surface area contributed by atoms with Gasteiger partial charge in [-0.15, -0.1) is 24.0 Å². The maximum Gasteiger partial charge on any atom is 0.416 e. The first-order chi connectivity index (χ1) is 13.0. The minimum absolute atomic E-state index is 0. The van der Waals surface area contributed by atoms with Crippen molar-refractivity contribution in [1.29, 1.82) is 0 Å². The number of nitrogens with one attached hydrogen (secondary N) is 2. The summed E-state index contributed by atoms with van der Waals surface area (Å²) in [5, 5.41) is 10.5. The molecule has 0 fully saturated rings. The van der Waals surface area contributed by atoms with E-state index in [0.29, 0.717) is 18.1 Å². The number of aliphatic imine (C=N–C) groups is 1. The Hall–Kier alpha value is -2.29. The van der Waals surface area contributed by atoms with Gasteiger partial charge in [0.05, 0.1) is 18.7 Å². The van der Waals surface area contributed by atoms with Gasteiger partial charge in [-0.3, -0.25) is 4.99 Å². The lowest BCUT2D eigenvalue weighted by Gasteiger charge is -2.25. The molecule has 1 atom stereocenters. The van der Waals surface area contributed by atoms with Gasteiger partial charge in [-0.05, 0) is 24.6 Å². The molecule has 10 heteroatoms. The van der Waals surface area contributed by atoms with Gasteiger partial charge in [0, 0.05) is 25.1 Å². The molecular formula is C18H20F3IN6. The van der Waals surface area contributed by atoms with Crippen molar-refractivity contribution in [3.63, 3.8) is 0 Å². The molecule has 3 rings (SSSR count). The summed E-state index contributed by atoms with van der Waals surface area (Å²) in [5.41, 5.74) is -0.384. The minimum atomic E-state index is -4.37. The average molecular weight is 504 g/mol. The summed E-state index contributed by atoms with van der Waals surface area (Å²) in [7, 11) is 1.65. The van der Waals surface area contributed by atoms with Gasteiger partial charge >= 0.3 is 6.18 Å². The molecule has 0 saturated carbocycles. The average Bonchev–Trinajstić information content (AvgIpc) is 3.11. The summed E-state index contributed by atoms with van der Waals surface area (Å²) in [6.45, 7) is 0.961. The number of halogens is 4. The van der Waals surface area contributed by atoms with Crippen LogP contribution in [0.3, 0.4) is 0 Å². The van der Waals surface area contributed by atoms with Crippen molar-refractivity contribution < 1.29 is 13.2 Å². The molecule has 0 bridgehead atoms. The molecule has 0 radical (unpaired) electrons. The number of hydrogen-bond donors (Lipinski definition) is 2. The lowest BCUT2D eigenvalue weighted by atomic mass is 10.1. The van der Waals surface area contributed by atoms with Crippen LogP contribution < -0.4 is 10.6 Å². The van der Waals surface area contributed by atoms with Crippen molar-refractivity contribution in [1.82, 2.24) is 25.4 Å². The maximum atomic E-state index is 12.7. The molecule has 150 valence electrons. The summed E-state index contributed by atoms with van der Waals surface area (Å²) in [5.74, 6) is 7.11. The van der Waals surface area contributed by atoms with Gasteiger partial charge in [0.2, 0.25) is 0 Å². The van der Waals surface area contributed by atoms with Crippen molar-refractivity contribution in [3.05, 3.63) is 47.5 Å². The highest BCUT2D eigenvalue weighted by Crippen LogP contribution is 2.29. The van der Waals surface area contributed by atoms with Crippen LogP contribution in [0.15, 0.2) is 35.6 Å². The minimum Gasteiger partial charge on any atom is -0.352 e. The molecule has 28 heavy (non-hydrogen) atoms. The molecule has 6 nitrogen and oxygen atoms in total. The lowest BCUT2D eigenvalue weighted by Crippen LogP contribution is -2.47. The number of hydrogen-bond acceptors (Lipinski definition) is 3. The lowest BCUT2D eigenvalue weighted by molar-refractivity contribution is -0.137. The van der Waals surface area contributed by atoms with Gasteiger partial charge in [-0.1, -0.05) is 17.9 Å². The quantitative estimate of drug-likeness (QED) is 0.286. The first-order valence-corrected chi connectivity index (χ1v) is 8.45. The van der Waals surface area contributed by atoms with Crippen molar-refractivity contribution in [2.24, 2.45) is 4.99 Å². The van der Waals surface area contributed by atoms with Crippen molar-refractivity contribution >= 4 is 29.9 Å². The van der Waals surface area contributed by atoms with Crippen LogP contribution in [0.5, 0.6) is 0 Å². The van der Waals surface area contributed by atoms with Gasteiger partial charge in [0.25, 0.3) is 0 Å². The van der Waals surface area contributed by atoms with Crippen molar-refractivity contribution in [3.8, 4) is 11.8 Å². The Morgan fingerprint density at radius 3 is 2.96 bits per heavy atom. The summed E-state index contributed by atoms with van der Waals surface area (Å²) in [4.78, 5) is 8.34. The van der Waals surface area contributed by atoms with Crippen molar-refractivity contribution in [2.75, 3.05) is 13.6 Å². The van der Waals surface area contributed by atoms with Gasteiger partial charge < -0.3 is 10.6 Å². The first-order valence-electron chi connectivity index (χ1n) is 8.45. The molecule has 2 aromatic rings. The predicted molar refractivity (Wildman–Crippen MR) is 110 cm³/mol. The fourth-order valence-electron chi connectivity index (χ4n) is 2.79. The van der Waals surface area contributed by atoms with Gasteiger partial charge in [-0.2, -0.15) is 18.3 Å². The number of nitrogens with zero attached hydrogens (tertiary/aromatic N) is 4. The van der Waals surface area contributed by atoms with Crippen LogP contribution in [0.4, 0.5) is 13.2 Å². The van der Waals surface area contributed by atoms with Crippen LogP contribution in [-0.4, -0.2) is 40.4 Å². The van der Waals surface area contributed by atoms with Crippen LogP contribution >= 0.6 is 24.0 Å². The Labute approximate surface area is 178 Å². The molecule has 1 aromatic carbocycles. The number of alkyl halides is 3. The van der Waals surface area contributed by atoms with Crippen molar-refractivity contribution in [2.45, 2.75) is 31.6 Å². The third-order valence-corrected chi connectivity index (χ3v) is 4.14. The van der Waals surface area contributed by atoms with E-state index in [1.807, 2.05) is 4.68 Å². The predicted octanol–water partition coefficient (Wildman–Crippen LogP) is 2.45. The van der Waals surface area contributed by atoms with E-state index in [1.165, 1.54) is 6.07 Å². The summed E-state index contributed by atoms with van der Waals surface area (Å²) in [6.07, 6.45) is -1.07. The largest absolute Gasteiger partial charge is 0.416 e. The number of aromatic nitrogens is 3. The second kappa shape index (κ2) is 9.77. The molecule has 0 saturated heterocycles. The summed E-state index contributed by atoms with van der Waals surface area (Å²) < 4.78 is 40.0. The van der Waals surface area contributed by atoms with Crippen LogP contribution in [0.2, 0.25) is 0 Å². The second-order valence-electron chi connectivity index (χ2n) is 6.04. The SMILES string of the molecule is CN=C(NCC#Cc1cccc(C(F)(F)F)c1)NC1CCc2ncnn2C1.I. The van der Waals surface area contributed by atoms with Crippen LogP contribution in [0, 0.1) is 11.8 Å². The van der Waals surface area contributed by atoms with Gasteiger partial charge in [0.15, 0.2) is 5.96 Å². The summed E-state index contributed by atoms with van der Waals surface area (Å²) in [6, 6.07) is 5.13. The van der Waals surface area contributed by atoms with Crippen LogP contribution in [-0.2, 0) is 19.1 Å². The molecule has 2 heterocycles. The number of fused-ring (bicyclic) bond motifs is 1. The standard InChI is InChI=1S/C18H19F3N6.HI/c1-22-17(26-15-7-8-16-24-12-25-27(16)11-15)23-9-3-5-13-4-2-6-14(10-13)18(19,20)21;/h2,4,6,10,12,15H,7-9,11H2,1H3,(H2,22,23,26);1H. The van der Waals surface area contributed by atoms with E-state index in [9.17, 15) is 13.2 Å². The number of guanidine groups is 1. The number of aryl methyl sites for hydroxylation is 1. The first kappa shape index (κ1) is 22.0. The Morgan fingerprint density at radius 2 is 2.21 bits per heavy atom. The van der Waals surface area contributed by atoms with Gasteiger partial charge in [-0.25, -0.2) is 9.67 Å². The molecule has 0 aliphatic carbocycles. The molecule has 1 aliphatic rings. The zero-order chi connectivity index (χ0) is 19.3. The highest BCUT2D eigenvalue weighted by atomic mass is 127. The second-order valence-corrected chi connectivity index (χ2v) is 6.04. The molecule has 0 spiro atoms. The molecular weight excluding hydrogens is 484 g/mol. The third-order valence-electron chi connectivity index (χ3n) is 4.14. The topological polar surface area (TPSA) is 67.1 Å². The summed E-state index contributed by atoms with van der Waals surface area (Å²) >= 11 is 0. The zero-order valence-corrected chi connectivity index (χ0v) is 17.5. The smallest absolute Gasteiger partial charge is 0.352 e. The molecule has 1 aliphatic heterocycles. The fraction of sp³-hybridized carbons (Fsp3) is 0.389. The van der Waals surface area contributed by atoms with E-state index >= 15 is 0 Å². The van der Waals surface area contributed by atoms with E-state index in [0.717, 1.165) is 30.8 Å². The Morgan fingerprint density at radius 1 is 1.39 bits per heavy atom. The Kier molecular flexibility index (Phi) is 7.68. The van der Waals surface area contributed by atoms with E-state index in [-0.39, 0.29) is 36.6 Å². The van der Waals surface area contributed by atoms with E-state index in [2.05, 4.69) is 37.5 Å². The van der Waals surface area contributed by atoms with Crippen LogP contribution in [0.1, 0.15) is 23.4 Å². The number of benzene rings is 1. The number of rotatable bonds is 2. The fourth-order valence-corrected chi connectivity index (χ4v) is 2.79. The van der Waals surface area contributed by atoms with E-state index in [1.54, 1.807) is 19.4 Å². The normalized spacial score (nSPS) is 16.3. The molecule has 0 amide bonds.